The van der Waals surface area contributed by atoms with E-state index >= 15 is 0 Å². The van der Waals surface area contributed by atoms with E-state index in [4.69, 9.17) is 0 Å². The third kappa shape index (κ3) is 2.06. The number of aryl methyl sites for hydroxylation is 1. The van der Waals surface area contributed by atoms with Crippen LogP contribution in [0.1, 0.15) is 45.6 Å². The molecule has 0 radical (unpaired) electrons. The molecule has 1 N–H and O–H groups in total. The van der Waals surface area contributed by atoms with Gasteiger partial charge in [-0.15, -0.1) is 0 Å². The van der Waals surface area contributed by atoms with Gasteiger partial charge >= 0.3 is 5.69 Å². The number of piperidine rings is 1. The van der Waals surface area contributed by atoms with Crippen LogP contribution in [0.3, 0.4) is 0 Å². The summed E-state index contributed by atoms with van der Waals surface area (Å²) in [5.41, 5.74) is 2.45. The topological polar surface area (TPSA) is 73.1 Å². The molecule has 1 aliphatic heterocycles. The number of imidazole rings is 1. The number of fused-ring (bicyclic) bond motifs is 1. The van der Waals surface area contributed by atoms with Crippen molar-refractivity contribution in [1.29, 1.82) is 0 Å². The standard InChI is InChI=1S/C16H19N3O3.H2/c1-9(2)10-5-4-6-11-14(10)18(3)16(22)19(11)12-7-8-13(20)17-15(12)21;/h4-6,9,12H,7-8H2,1-3H3,(H,17,20,21);1H. The molecule has 2 heterocycles. The van der Waals surface area contributed by atoms with Crippen molar-refractivity contribution in [2.45, 2.75) is 38.6 Å². The number of carbonyl (C=O) groups is 2. The second-order valence-electron chi connectivity index (χ2n) is 6.05. The Labute approximate surface area is 129 Å². The van der Waals surface area contributed by atoms with Crippen LogP contribution in [0, 0.1) is 0 Å². The number of benzene rings is 1. The lowest BCUT2D eigenvalue weighted by molar-refractivity contribution is -0.135. The fourth-order valence-corrected chi connectivity index (χ4v) is 3.16. The zero-order chi connectivity index (χ0) is 16.0. The summed E-state index contributed by atoms with van der Waals surface area (Å²) in [6.45, 7) is 4.14. The van der Waals surface area contributed by atoms with Gasteiger partial charge in [-0.3, -0.25) is 24.0 Å². The summed E-state index contributed by atoms with van der Waals surface area (Å²) < 4.78 is 3.11. The van der Waals surface area contributed by atoms with Crippen molar-refractivity contribution in [3.8, 4) is 0 Å². The first-order valence-corrected chi connectivity index (χ1v) is 7.45. The molecule has 2 amide bonds. The van der Waals surface area contributed by atoms with Crippen LogP contribution in [0.5, 0.6) is 0 Å². The lowest BCUT2D eigenvalue weighted by Gasteiger charge is -2.22. The van der Waals surface area contributed by atoms with Gasteiger partial charge in [0.1, 0.15) is 6.04 Å². The number of para-hydroxylation sites is 1. The summed E-state index contributed by atoms with van der Waals surface area (Å²) in [6, 6.07) is 5.13. The quantitative estimate of drug-likeness (QED) is 0.858. The van der Waals surface area contributed by atoms with Crippen molar-refractivity contribution in [1.82, 2.24) is 14.5 Å². The molecule has 6 nitrogen and oxygen atoms in total. The molecule has 1 fully saturated rings. The molecule has 1 unspecified atom stereocenters. The van der Waals surface area contributed by atoms with Gasteiger partial charge in [0, 0.05) is 14.9 Å². The van der Waals surface area contributed by atoms with Crippen LogP contribution >= 0.6 is 0 Å². The maximum absolute atomic E-state index is 12.7. The molecule has 6 heteroatoms. The fourth-order valence-electron chi connectivity index (χ4n) is 3.16. The number of aromatic nitrogens is 2. The summed E-state index contributed by atoms with van der Waals surface area (Å²) in [5.74, 6) is -0.412. The van der Waals surface area contributed by atoms with Crippen LogP contribution in [0.25, 0.3) is 11.0 Å². The van der Waals surface area contributed by atoms with Crippen molar-refractivity contribution >= 4 is 22.8 Å². The number of nitrogens with one attached hydrogen (secondary N) is 1. The second kappa shape index (κ2) is 5.12. The van der Waals surface area contributed by atoms with Crippen molar-refractivity contribution in [2.24, 2.45) is 7.05 Å². The van der Waals surface area contributed by atoms with Crippen LogP contribution in [-0.4, -0.2) is 20.9 Å². The minimum absolute atomic E-state index is 0. The molecule has 1 aliphatic rings. The molecule has 3 rings (SSSR count). The normalized spacial score (nSPS) is 19.0. The lowest BCUT2D eigenvalue weighted by Crippen LogP contribution is -2.44. The van der Waals surface area contributed by atoms with E-state index < -0.39 is 11.9 Å². The second-order valence-corrected chi connectivity index (χ2v) is 6.05. The number of hydrogen-bond acceptors (Lipinski definition) is 3. The number of nitrogens with zero attached hydrogens (tertiary/aromatic N) is 2. The molecule has 118 valence electrons. The average molecular weight is 303 g/mol. The molecule has 0 saturated carbocycles. The minimum Gasteiger partial charge on any atom is -0.295 e. The number of amides is 2. The van der Waals surface area contributed by atoms with Gasteiger partial charge in [-0.1, -0.05) is 26.0 Å². The highest BCUT2D eigenvalue weighted by atomic mass is 16.2. The molecular weight excluding hydrogens is 282 g/mol. The van der Waals surface area contributed by atoms with Crippen LogP contribution in [-0.2, 0) is 16.6 Å². The Bertz CT molecular complexity index is 835. The SMILES string of the molecule is CC(C)c1cccc2c1n(C)c(=O)n2C1CCC(=O)NC1=O.[HH]. The first-order chi connectivity index (χ1) is 10.4. The molecule has 0 spiro atoms. The third-order valence-electron chi connectivity index (χ3n) is 4.28. The van der Waals surface area contributed by atoms with Gasteiger partial charge in [0.25, 0.3) is 0 Å². The highest BCUT2D eigenvalue weighted by molar-refractivity contribution is 6.00. The van der Waals surface area contributed by atoms with E-state index in [1.165, 1.54) is 4.57 Å². The maximum Gasteiger partial charge on any atom is 0.329 e. The third-order valence-corrected chi connectivity index (χ3v) is 4.28. The van der Waals surface area contributed by atoms with Crippen LogP contribution < -0.4 is 11.0 Å². The summed E-state index contributed by atoms with van der Waals surface area (Å²) in [7, 11) is 1.72. The van der Waals surface area contributed by atoms with E-state index in [1.807, 2.05) is 18.2 Å². The van der Waals surface area contributed by atoms with Gasteiger partial charge in [0.15, 0.2) is 0 Å². The number of carbonyl (C=O) groups excluding carboxylic acids is 2. The van der Waals surface area contributed by atoms with E-state index in [0.29, 0.717) is 6.42 Å². The Morgan fingerprint density at radius 3 is 2.64 bits per heavy atom. The summed E-state index contributed by atoms with van der Waals surface area (Å²) >= 11 is 0. The predicted molar refractivity (Wildman–Crippen MR) is 84.8 cm³/mol. The van der Waals surface area contributed by atoms with Crippen molar-refractivity contribution < 1.29 is 11.0 Å². The molecule has 1 atom stereocenters. The molecule has 1 aromatic carbocycles. The Morgan fingerprint density at radius 1 is 1.27 bits per heavy atom. The number of rotatable bonds is 2. The van der Waals surface area contributed by atoms with Gasteiger partial charge in [-0.25, -0.2) is 4.79 Å². The number of imide groups is 1. The Balaban J connectivity index is 0.00000192. The van der Waals surface area contributed by atoms with Gasteiger partial charge < -0.3 is 0 Å². The zero-order valence-electron chi connectivity index (χ0n) is 12.9. The maximum atomic E-state index is 12.7. The van der Waals surface area contributed by atoms with Crippen molar-refractivity contribution in [3.63, 3.8) is 0 Å². The van der Waals surface area contributed by atoms with Crippen LogP contribution in [0.2, 0.25) is 0 Å². The molecule has 22 heavy (non-hydrogen) atoms. The van der Waals surface area contributed by atoms with Gasteiger partial charge in [-0.2, -0.15) is 0 Å². The van der Waals surface area contributed by atoms with Crippen molar-refractivity contribution in [3.05, 3.63) is 34.2 Å². The smallest absolute Gasteiger partial charge is 0.295 e. The van der Waals surface area contributed by atoms with E-state index in [1.54, 1.807) is 11.6 Å². The van der Waals surface area contributed by atoms with E-state index in [-0.39, 0.29) is 25.4 Å². The highest BCUT2D eigenvalue weighted by Crippen LogP contribution is 2.28. The van der Waals surface area contributed by atoms with Crippen LogP contribution in [0.4, 0.5) is 0 Å². The first kappa shape index (κ1) is 14.6. The van der Waals surface area contributed by atoms with Gasteiger partial charge in [0.05, 0.1) is 11.0 Å². The predicted octanol–water partition coefficient (Wildman–Crippen LogP) is 1.69. The highest BCUT2D eigenvalue weighted by Gasteiger charge is 2.31. The molecule has 2 aromatic rings. The average Bonchev–Trinajstić information content (AvgIpc) is 2.72. The first-order valence-electron chi connectivity index (χ1n) is 7.45. The monoisotopic (exact) mass is 303 g/mol. The van der Waals surface area contributed by atoms with Crippen molar-refractivity contribution in [2.75, 3.05) is 0 Å². The molecule has 1 aromatic heterocycles. The molecule has 1 saturated heterocycles. The summed E-state index contributed by atoms with van der Waals surface area (Å²) in [6.07, 6.45) is 0.610. The van der Waals surface area contributed by atoms with E-state index in [2.05, 4.69) is 19.2 Å². The summed E-state index contributed by atoms with van der Waals surface area (Å²) in [4.78, 5) is 36.1. The largest absolute Gasteiger partial charge is 0.329 e. The number of hydrogen-bond donors (Lipinski definition) is 1. The van der Waals surface area contributed by atoms with E-state index in [0.717, 1.165) is 16.6 Å². The lowest BCUT2D eigenvalue weighted by atomic mass is 10.0. The minimum atomic E-state index is -0.628. The van der Waals surface area contributed by atoms with Gasteiger partial charge in [-0.05, 0) is 24.0 Å². The Kier molecular flexibility index (Phi) is 3.39. The molecule has 0 aliphatic carbocycles. The summed E-state index contributed by atoms with van der Waals surface area (Å²) in [5, 5.41) is 2.32. The van der Waals surface area contributed by atoms with Crippen LogP contribution in [0.15, 0.2) is 23.0 Å². The Hall–Kier alpha value is -2.37. The zero-order valence-corrected chi connectivity index (χ0v) is 12.9. The fraction of sp³-hybridized carbons (Fsp3) is 0.438. The molecular formula is C16H21N3O3. The van der Waals surface area contributed by atoms with Gasteiger partial charge in [0.2, 0.25) is 11.8 Å². The Morgan fingerprint density at radius 2 is 2.00 bits per heavy atom. The molecule has 0 bridgehead atoms. The van der Waals surface area contributed by atoms with E-state index in [9.17, 15) is 14.4 Å².